The molecular formula is C9H18BrNO4. The predicted molar refractivity (Wildman–Crippen MR) is 60.3 cm³/mol. The van der Waals surface area contributed by atoms with Crippen LogP contribution in [0.2, 0.25) is 0 Å². The van der Waals surface area contributed by atoms with Gasteiger partial charge in [-0.25, -0.2) is 0 Å². The van der Waals surface area contributed by atoms with Crippen molar-refractivity contribution in [3.05, 3.63) is 0 Å². The second kappa shape index (κ2) is 10.4. The summed E-state index contributed by atoms with van der Waals surface area (Å²) in [5.74, 6) is -0.275. The Kier molecular flexibility index (Phi) is 10.2. The van der Waals surface area contributed by atoms with Crippen LogP contribution in [0.4, 0.5) is 0 Å². The molecule has 0 radical (unpaired) electrons. The molecule has 0 bridgehead atoms. The summed E-state index contributed by atoms with van der Waals surface area (Å²) in [7, 11) is 3.00. The van der Waals surface area contributed by atoms with Crippen LogP contribution < -0.4 is 5.32 Å². The molecule has 0 rings (SSSR count). The Labute approximate surface area is 98.6 Å². The van der Waals surface area contributed by atoms with Crippen molar-refractivity contribution in [3.63, 3.8) is 0 Å². The van der Waals surface area contributed by atoms with E-state index in [0.717, 1.165) is 0 Å². The van der Waals surface area contributed by atoms with Crippen LogP contribution in [0.25, 0.3) is 0 Å². The molecule has 90 valence electrons. The van der Waals surface area contributed by atoms with Gasteiger partial charge in [-0.15, -0.1) is 0 Å². The van der Waals surface area contributed by atoms with Gasteiger partial charge in [-0.2, -0.15) is 0 Å². The molecule has 0 aliphatic carbocycles. The Bertz CT molecular complexity index is 168. The summed E-state index contributed by atoms with van der Waals surface area (Å²) in [5, 5.41) is 3.06. The number of esters is 1. The van der Waals surface area contributed by atoms with E-state index in [2.05, 4.69) is 26.0 Å². The molecule has 0 spiro atoms. The quantitative estimate of drug-likeness (QED) is 0.372. The van der Waals surface area contributed by atoms with Crippen molar-refractivity contribution in [2.24, 2.45) is 0 Å². The molecule has 0 aromatic rings. The zero-order valence-corrected chi connectivity index (χ0v) is 10.7. The Morgan fingerprint density at radius 1 is 1.33 bits per heavy atom. The molecule has 1 N–H and O–H groups in total. The highest BCUT2D eigenvalue weighted by molar-refractivity contribution is 9.10. The summed E-state index contributed by atoms with van der Waals surface area (Å²) >= 11 is 3.20. The number of carbonyl (C=O) groups excluding carboxylic acids is 1. The van der Waals surface area contributed by atoms with Crippen molar-refractivity contribution < 1.29 is 19.0 Å². The molecule has 0 aliphatic heterocycles. The van der Waals surface area contributed by atoms with E-state index in [0.29, 0.717) is 32.9 Å². The van der Waals surface area contributed by atoms with Crippen LogP contribution in [0.1, 0.15) is 0 Å². The topological polar surface area (TPSA) is 56.8 Å². The third kappa shape index (κ3) is 8.80. The van der Waals surface area contributed by atoms with Gasteiger partial charge in [0.25, 0.3) is 0 Å². The molecule has 0 amide bonds. The Hall–Kier alpha value is -0.170. The molecule has 0 aliphatic rings. The van der Waals surface area contributed by atoms with E-state index in [9.17, 15) is 4.79 Å². The minimum absolute atomic E-state index is 0.275. The average molecular weight is 284 g/mol. The second-order valence-corrected chi connectivity index (χ2v) is 3.91. The van der Waals surface area contributed by atoms with E-state index in [-0.39, 0.29) is 10.8 Å². The van der Waals surface area contributed by atoms with Crippen LogP contribution in [0.5, 0.6) is 0 Å². The first-order valence-electron chi connectivity index (χ1n) is 4.71. The van der Waals surface area contributed by atoms with Crippen LogP contribution in [0, 0.1) is 0 Å². The highest BCUT2D eigenvalue weighted by Gasteiger charge is 2.13. The first-order valence-corrected chi connectivity index (χ1v) is 5.63. The normalized spacial score (nSPS) is 12.5. The van der Waals surface area contributed by atoms with Crippen LogP contribution in [-0.2, 0) is 19.0 Å². The van der Waals surface area contributed by atoms with Crippen molar-refractivity contribution in [1.82, 2.24) is 5.32 Å². The predicted octanol–water partition coefficient (Wildman–Crippen LogP) is 0.176. The number of alkyl halides is 1. The van der Waals surface area contributed by atoms with E-state index >= 15 is 0 Å². The van der Waals surface area contributed by atoms with Crippen molar-refractivity contribution in [1.29, 1.82) is 0 Å². The third-order valence-electron chi connectivity index (χ3n) is 1.64. The molecule has 1 unspecified atom stereocenters. The van der Waals surface area contributed by atoms with Crippen molar-refractivity contribution in [3.8, 4) is 0 Å². The highest BCUT2D eigenvalue weighted by atomic mass is 79.9. The molecule has 15 heavy (non-hydrogen) atoms. The summed E-state index contributed by atoms with van der Waals surface area (Å²) in [6.45, 7) is 3.02. The largest absolute Gasteiger partial charge is 0.468 e. The molecule has 0 aromatic heterocycles. The maximum absolute atomic E-state index is 11.0. The molecular weight excluding hydrogens is 266 g/mol. The van der Waals surface area contributed by atoms with Gasteiger partial charge in [0.1, 0.15) is 4.83 Å². The fraction of sp³-hybridized carbons (Fsp3) is 0.889. The van der Waals surface area contributed by atoms with Gasteiger partial charge < -0.3 is 19.5 Å². The lowest BCUT2D eigenvalue weighted by atomic mass is 10.4. The number of hydrogen-bond acceptors (Lipinski definition) is 5. The van der Waals surface area contributed by atoms with Gasteiger partial charge >= 0.3 is 5.97 Å². The van der Waals surface area contributed by atoms with E-state index in [4.69, 9.17) is 9.47 Å². The molecule has 0 saturated heterocycles. The van der Waals surface area contributed by atoms with Gasteiger partial charge in [-0.3, -0.25) is 4.79 Å². The lowest BCUT2D eigenvalue weighted by Crippen LogP contribution is -2.31. The van der Waals surface area contributed by atoms with E-state index in [1.165, 1.54) is 7.11 Å². The first-order chi connectivity index (χ1) is 7.22. The standard InChI is InChI=1S/C9H18BrNO4/c1-13-5-6-15-4-3-11-7-8(10)9(12)14-2/h8,11H,3-7H2,1-2H3. The van der Waals surface area contributed by atoms with Gasteiger partial charge in [0.15, 0.2) is 0 Å². The summed E-state index contributed by atoms with van der Waals surface area (Å²) < 4.78 is 14.6. The number of carbonyl (C=O) groups is 1. The second-order valence-electron chi connectivity index (χ2n) is 2.80. The lowest BCUT2D eigenvalue weighted by Gasteiger charge is -2.09. The lowest BCUT2D eigenvalue weighted by molar-refractivity contribution is -0.139. The van der Waals surface area contributed by atoms with E-state index in [1.807, 2.05) is 0 Å². The minimum Gasteiger partial charge on any atom is -0.468 e. The van der Waals surface area contributed by atoms with Gasteiger partial charge in [0.2, 0.25) is 0 Å². The molecule has 1 atom stereocenters. The average Bonchev–Trinajstić information content (AvgIpc) is 2.26. The number of ether oxygens (including phenoxy) is 3. The summed E-state index contributed by atoms with van der Waals surface area (Å²) in [4.78, 5) is 10.7. The zero-order valence-electron chi connectivity index (χ0n) is 9.12. The SMILES string of the molecule is COCCOCCNCC(Br)C(=O)OC. The minimum atomic E-state index is -0.304. The Morgan fingerprint density at radius 2 is 2.07 bits per heavy atom. The molecule has 6 heteroatoms. The van der Waals surface area contributed by atoms with Gasteiger partial charge in [0, 0.05) is 20.2 Å². The monoisotopic (exact) mass is 283 g/mol. The van der Waals surface area contributed by atoms with E-state index < -0.39 is 0 Å². The smallest absolute Gasteiger partial charge is 0.320 e. The van der Waals surface area contributed by atoms with Gasteiger partial charge in [-0.1, -0.05) is 15.9 Å². The Morgan fingerprint density at radius 3 is 2.67 bits per heavy atom. The molecule has 0 heterocycles. The zero-order chi connectivity index (χ0) is 11.5. The van der Waals surface area contributed by atoms with Crippen LogP contribution in [0.3, 0.4) is 0 Å². The van der Waals surface area contributed by atoms with Crippen molar-refractivity contribution in [2.75, 3.05) is 47.1 Å². The summed E-state index contributed by atoms with van der Waals surface area (Å²) in [6.07, 6.45) is 0. The van der Waals surface area contributed by atoms with E-state index in [1.54, 1.807) is 7.11 Å². The molecule has 0 fully saturated rings. The van der Waals surface area contributed by atoms with Crippen molar-refractivity contribution in [2.45, 2.75) is 4.83 Å². The fourth-order valence-corrected chi connectivity index (χ4v) is 1.24. The number of hydrogen-bond donors (Lipinski definition) is 1. The number of nitrogens with one attached hydrogen (secondary N) is 1. The van der Waals surface area contributed by atoms with Gasteiger partial charge in [-0.05, 0) is 0 Å². The Balaban J connectivity index is 3.20. The molecule has 5 nitrogen and oxygen atoms in total. The first kappa shape index (κ1) is 14.8. The molecule has 0 aromatic carbocycles. The maximum Gasteiger partial charge on any atom is 0.320 e. The number of methoxy groups -OCH3 is 2. The van der Waals surface area contributed by atoms with Crippen LogP contribution in [-0.4, -0.2) is 57.9 Å². The number of halogens is 1. The van der Waals surface area contributed by atoms with Crippen LogP contribution in [0.15, 0.2) is 0 Å². The van der Waals surface area contributed by atoms with Crippen molar-refractivity contribution >= 4 is 21.9 Å². The number of rotatable bonds is 9. The third-order valence-corrected chi connectivity index (χ3v) is 2.33. The van der Waals surface area contributed by atoms with Crippen LogP contribution >= 0.6 is 15.9 Å². The van der Waals surface area contributed by atoms with Gasteiger partial charge in [0.05, 0.1) is 26.9 Å². The molecule has 0 saturated carbocycles. The fourth-order valence-electron chi connectivity index (χ4n) is 0.829. The summed E-state index contributed by atoms with van der Waals surface area (Å²) in [6, 6.07) is 0. The highest BCUT2D eigenvalue weighted by Crippen LogP contribution is 1.99. The maximum atomic E-state index is 11.0. The summed E-state index contributed by atoms with van der Waals surface area (Å²) in [5.41, 5.74) is 0.